The van der Waals surface area contributed by atoms with Gasteiger partial charge in [-0.05, 0) is 50.3 Å². The second-order valence-corrected chi connectivity index (χ2v) is 6.63. The summed E-state index contributed by atoms with van der Waals surface area (Å²) < 4.78 is 0.911. The van der Waals surface area contributed by atoms with Gasteiger partial charge in [0.15, 0.2) is 5.96 Å². The predicted molar refractivity (Wildman–Crippen MR) is 97.8 cm³/mol. The molecule has 0 heterocycles. The van der Waals surface area contributed by atoms with E-state index < -0.39 is 0 Å². The number of guanidine groups is 1. The van der Waals surface area contributed by atoms with Crippen LogP contribution in [0.15, 0.2) is 33.7 Å². The third kappa shape index (κ3) is 7.03. The van der Waals surface area contributed by atoms with Crippen molar-refractivity contribution in [2.45, 2.75) is 26.2 Å². The molecule has 0 saturated heterocycles. The predicted octanol–water partition coefficient (Wildman–Crippen LogP) is 2.53. The van der Waals surface area contributed by atoms with Gasteiger partial charge in [-0.25, -0.2) is 0 Å². The number of halogens is 1. The maximum absolute atomic E-state index is 12.0. The van der Waals surface area contributed by atoms with Crippen molar-refractivity contribution in [3.05, 3.63) is 34.3 Å². The molecule has 23 heavy (non-hydrogen) atoms. The fraction of sp³-hybridized carbons (Fsp3) is 0.529. The second-order valence-electron chi connectivity index (χ2n) is 5.71. The van der Waals surface area contributed by atoms with E-state index >= 15 is 0 Å². The van der Waals surface area contributed by atoms with Crippen LogP contribution in [0.25, 0.3) is 0 Å². The lowest BCUT2D eigenvalue weighted by Gasteiger charge is -2.11. The van der Waals surface area contributed by atoms with Crippen molar-refractivity contribution < 1.29 is 4.79 Å². The lowest BCUT2D eigenvalue weighted by atomic mass is 10.2. The summed E-state index contributed by atoms with van der Waals surface area (Å²) in [6.07, 6.45) is 3.47. The molecule has 0 aromatic heterocycles. The zero-order valence-corrected chi connectivity index (χ0v) is 15.2. The highest BCUT2D eigenvalue weighted by atomic mass is 79.9. The Labute approximate surface area is 146 Å². The zero-order chi connectivity index (χ0) is 16.5. The lowest BCUT2D eigenvalue weighted by molar-refractivity contribution is 0.0953. The molecule has 6 heteroatoms. The van der Waals surface area contributed by atoms with Crippen molar-refractivity contribution in [3.63, 3.8) is 0 Å². The Morgan fingerprint density at radius 1 is 1.26 bits per heavy atom. The van der Waals surface area contributed by atoms with Crippen LogP contribution in [0.2, 0.25) is 0 Å². The van der Waals surface area contributed by atoms with Gasteiger partial charge in [0.25, 0.3) is 5.91 Å². The van der Waals surface area contributed by atoms with Gasteiger partial charge in [0.05, 0.1) is 0 Å². The number of rotatable bonds is 8. The van der Waals surface area contributed by atoms with Crippen LogP contribution in [-0.2, 0) is 0 Å². The van der Waals surface area contributed by atoms with Crippen LogP contribution in [-0.4, -0.2) is 38.0 Å². The van der Waals surface area contributed by atoms with E-state index in [9.17, 15) is 4.79 Å². The van der Waals surface area contributed by atoms with Crippen molar-refractivity contribution in [1.82, 2.24) is 16.0 Å². The number of hydrogen-bond acceptors (Lipinski definition) is 2. The smallest absolute Gasteiger partial charge is 0.251 e. The summed E-state index contributed by atoms with van der Waals surface area (Å²) in [5.41, 5.74) is 0.673. The molecular weight excluding hydrogens is 356 g/mol. The van der Waals surface area contributed by atoms with Crippen LogP contribution in [0.3, 0.4) is 0 Å². The maximum Gasteiger partial charge on any atom is 0.251 e. The van der Waals surface area contributed by atoms with Gasteiger partial charge < -0.3 is 16.0 Å². The average molecular weight is 381 g/mol. The molecule has 1 saturated carbocycles. The largest absolute Gasteiger partial charge is 0.357 e. The number of carbonyl (C=O) groups excluding carboxylic acids is 1. The Kier molecular flexibility index (Phi) is 7.39. The zero-order valence-electron chi connectivity index (χ0n) is 13.6. The molecule has 1 aliphatic rings. The Morgan fingerprint density at radius 2 is 2.04 bits per heavy atom. The van der Waals surface area contributed by atoms with Crippen LogP contribution in [0.5, 0.6) is 0 Å². The van der Waals surface area contributed by atoms with Crippen LogP contribution >= 0.6 is 15.9 Å². The highest BCUT2D eigenvalue weighted by Crippen LogP contribution is 2.28. The van der Waals surface area contributed by atoms with E-state index in [-0.39, 0.29) is 5.91 Å². The van der Waals surface area contributed by atoms with Gasteiger partial charge in [0.1, 0.15) is 0 Å². The van der Waals surface area contributed by atoms with Gasteiger partial charge >= 0.3 is 0 Å². The number of hydrogen-bond donors (Lipinski definition) is 3. The van der Waals surface area contributed by atoms with E-state index in [0.29, 0.717) is 12.1 Å². The maximum atomic E-state index is 12.0. The average Bonchev–Trinajstić information content (AvgIpc) is 3.36. The summed E-state index contributed by atoms with van der Waals surface area (Å²) in [6, 6.07) is 7.40. The van der Waals surface area contributed by atoms with Crippen LogP contribution in [0.1, 0.15) is 36.5 Å². The van der Waals surface area contributed by atoms with E-state index in [1.54, 1.807) is 0 Å². The molecule has 1 aromatic rings. The van der Waals surface area contributed by atoms with Crippen LogP contribution in [0.4, 0.5) is 0 Å². The van der Waals surface area contributed by atoms with Crippen molar-refractivity contribution >= 4 is 27.8 Å². The van der Waals surface area contributed by atoms with Gasteiger partial charge in [-0.15, -0.1) is 0 Å². The number of nitrogens with zero attached hydrogens (tertiary/aromatic N) is 1. The molecule has 2 rings (SSSR count). The molecule has 5 nitrogen and oxygen atoms in total. The van der Waals surface area contributed by atoms with E-state index in [1.807, 2.05) is 24.3 Å². The first kappa shape index (κ1) is 17.8. The third-order valence-corrected chi connectivity index (χ3v) is 4.06. The Bertz CT molecular complexity index is 543. The minimum atomic E-state index is -0.0411. The minimum absolute atomic E-state index is 0.0411. The first-order chi connectivity index (χ1) is 11.2. The Morgan fingerprint density at radius 3 is 2.74 bits per heavy atom. The summed E-state index contributed by atoms with van der Waals surface area (Å²) in [5.74, 6) is 1.62. The lowest BCUT2D eigenvalue weighted by Crippen LogP contribution is -2.39. The molecule has 0 radical (unpaired) electrons. The molecule has 1 amide bonds. The van der Waals surface area contributed by atoms with Crippen LogP contribution in [0, 0.1) is 5.92 Å². The number of carbonyl (C=O) groups is 1. The molecule has 0 atom stereocenters. The van der Waals surface area contributed by atoms with E-state index in [0.717, 1.165) is 42.4 Å². The van der Waals surface area contributed by atoms with Gasteiger partial charge in [-0.1, -0.05) is 22.0 Å². The Balaban J connectivity index is 1.63. The molecule has 1 fully saturated rings. The molecule has 0 aliphatic heterocycles. The molecule has 1 aliphatic carbocycles. The van der Waals surface area contributed by atoms with Gasteiger partial charge in [-0.2, -0.15) is 0 Å². The van der Waals surface area contributed by atoms with Crippen molar-refractivity contribution in [2.24, 2.45) is 10.9 Å². The van der Waals surface area contributed by atoms with Crippen molar-refractivity contribution in [2.75, 3.05) is 26.2 Å². The number of amides is 1. The van der Waals surface area contributed by atoms with Gasteiger partial charge in [-0.3, -0.25) is 9.79 Å². The highest BCUT2D eigenvalue weighted by molar-refractivity contribution is 9.10. The normalized spacial score (nSPS) is 14.4. The molecule has 126 valence electrons. The molecule has 1 aromatic carbocycles. The quantitative estimate of drug-likeness (QED) is 0.368. The van der Waals surface area contributed by atoms with E-state index in [1.165, 1.54) is 12.8 Å². The summed E-state index contributed by atoms with van der Waals surface area (Å²) >= 11 is 3.37. The summed E-state index contributed by atoms with van der Waals surface area (Å²) in [6.45, 7) is 5.26. The number of benzene rings is 1. The van der Waals surface area contributed by atoms with Crippen LogP contribution < -0.4 is 16.0 Å². The first-order valence-corrected chi connectivity index (χ1v) is 9.04. The minimum Gasteiger partial charge on any atom is -0.357 e. The number of nitrogens with one attached hydrogen (secondary N) is 3. The van der Waals surface area contributed by atoms with Gasteiger partial charge in [0, 0.05) is 36.2 Å². The molecule has 0 spiro atoms. The van der Waals surface area contributed by atoms with Crippen molar-refractivity contribution in [3.8, 4) is 0 Å². The van der Waals surface area contributed by atoms with Crippen molar-refractivity contribution in [1.29, 1.82) is 0 Å². The SMILES string of the molecule is CCNC(=NCC1CC1)NCCCNC(=O)c1cccc(Br)c1. The number of aliphatic imine (C=N–C) groups is 1. The summed E-state index contributed by atoms with van der Waals surface area (Å²) in [4.78, 5) is 16.6. The fourth-order valence-corrected chi connectivity index (χ4v) is 2.49. The first-order valence-electron chi connectivity index (χ1n) is 8.25. The monoisotopic (exact) mass is 380 g/mol. The molecule has 0 unspecified atom stereocenters. The van der Waals surface area contributed by atoms with E-state index in [4.69, 9.17) is 0 Å². The molecule has 0 bridgehead atoms. The Hall–Kier alpha value is -1.56. The third-order valence-electron chi connectivity index (χ3n) is 3.57. The van der Waals surface area contributed by atoms with Gasteiger partial charge in [0.2, 0.25) is 0 Å². The summed E-state index contributed by atoms with van der Waals surface area (Å²) in [5, 5.41) is 9.48. The standard InChI is InChI=1S/C17H25BrN4O/c1-2-19-17(22-12-13-7-8-13)21-10-4-9-20-16(23)14-5-3-6-15(18)11-14/h3,5-6,11,13H,2,4,7-10,12H2,1H3,(H,20,23)(H2,19,21,22). The molecular formula is C17H25BrN4O. The molecule has 3 N–H and O–H groups in total. The second kappa shape index (κ2) is 9.55. The fourth-order valence-electron chi connectivity index (χ4n) is 2.09. The highest BCUT2D eigenvalue weighted by Gasteiger charge is 2.20. The summed E-state index contributed by atoms with van der Waals surface area (Å²) in [7, 11) is 0. The van der Waals surface area contributed by atoms with E-state index in [2.05, 4.69) is 43.8 Å². The topological polar surface area (TPSA) is 65.5 Å².